The number of nitrogens with one attached hydrogen (secondary N) is 2. The molecular formula is C26H26FN7O. The lowest BCUT2D eigenvalue weighted by molar-refractivity contribution is 0.100. The van der Waals surface area contributed by atoms with Crippen molar-refractivity contribution in [2.75, 3.05) is 10.6 Å². The van der Waals surface area contributed by atoms with Gasteiger partial charge in [-0.2, -0.15) is 0 Å². The summed E-state index contributed by atoms with van der Waals surface area (Å²) in [6, 6.07) is 12.4. The molecule has 2 atom stereocenters. The monoisotopic (exact) mass is 471 g/mol. The summed E-state index contributed by atoms with van der Waals surface area (Å²) in [7, 11) is 0. The van der Waals surface area contributed by atoms with Gasteiger partial charge in [0.25, 0.3) is 5.91 Å². The first kappa shape index (κ1) is 22.7. The van der Waals surface area contributed by atoms with Crippen LogP contribution in [0.3, 0.4) is 0 Å². The van der Waals surface area contributed by atoms with Gasteiger partial charge in [-0.1, -0.05) is 25.0 Å². The van der Waals surface area contributed by atoms with Crippen molar-refractivity contribution >= 4 is 34.0 Å². The number of benzene rings is 1. The lowest BCUT2D eigenvalue weighted by Gasteiger charge is -2.30. The average molecular weight is 472 g/mol. The Bertz CT molecular complexity index is 1390. The summed E-state index contributed by atoms with van der Waals surface area (Å²) in [6.07, 6.45) is 8.98. The van der Waals surface area contributed by atoms with E-state index in [1.807, 2.05) is 30.3 Å². The molecule has 6 N–H and O–H groups in total. The van der Waals surface area contributed by atoms with Crippen molar-refractivity contribution in [3.63, 3.8) is 0 Å². The number of aromatic nitrogens is 3. The fraction of sp³-hybridized carbons (Fsp3) is 0.231. The zero-order chi connectivity index (χ0) is 24.4. The minimum Gasteiger partial charge on any atom is -0.365 e. The van der Waals surface area contributed by atoms with Gasteiger partial charge in [0.05, 0.1) is 11.3 Å². The van der Waals surface area contributed by atoms with Crippen LogP contribution in [0.25, 0.3) is 22.0 Å². The van der Waals surface area contributed by atoms with E-state index in [0.29, 0.717) is 5.69 Å². The Morgan fingerprint density at radius 2 is 1.86 bits per heavy atom. The molecule has 1 aliphatic rings. The predicted octanol–water partition coefficient (Wildman–Crippen LogP) is 4.36. The maximum Gasteiger partial charge on any atom is 0.252 e. The molecule has 0 spiro atoms. The Labute approximate surface area is 202 Å². The van der Waals surface area contributed by atoms with E-state index in [1.54, 1.807) is 24.7 Å². The second kappa shape index (κ2) is 9.63. The second-order valence-electron chi connectivity index (χ2n) is 8.77. The predicted molar refractivity (Wildman–Crippen MR) is 135 cm³/mol. The van der Waals surface area contributed by atoms with Crippen LogP contribution in [-0.4, -0.2) is 32.9 Å². The van der Waals surface area contributed by atoms with Crippen molar-refractivity contribution in [2.24, 2.45) is 11.5 Å². The van der Waals surface area contributed by atoms with Crippen molar-refractivity contribution in [3.8, 4) is 11.3 Å². The normalized spacial score (nSPS) is 17.8. The fourth-order valence-corrected chi connectivity index (χ4v) is 4.43. The standard InChI is InChI=1S/C26H26FN7O/c27-20-13-19(24(29)35)25(34-26(20)33-22-4-2-1-3-21(22)28)32-18-8-10-31-23(12-18)16-6-5-15-7-9-30-14-17(15)11-16/h5-14,21-22H,1-4,28H2,(H2,29,35)(H2,31,32,33,34)/t21-,22?/m0/s1. The Balaban J connectivity index is 1.46. The van der Waals surface area contributed by atoms with E-state index in [0.717, 1.165) is 53.8 Å². The van der Waals surface area contributed by atoms with Gasteiger partial charge >= 0.3 is 0 Å². The van der Waals surface area contributed by atoms with Gasteiger partial charge < -0.3 is 22.1 Å². The van der Waals surface area contributed by atoms with Gasteiger partial charge in [0.1, 0.15) is 5.82 Å². The summed E-state index contributed by atoms with van der Waals surface area (Å²) in [6.45, 7) is 0. The van der Waals surface area contributed by atoms with Crippen LogP contribution in [0.1, 0.15) is 36.0 Å². The summed E-state index contributed by atoms with van der Waals surface area (Å²) >= 11 is 0. The molecule has 4 aromatic rings. The van der Waals surface area contributed by atoms with E-state index in [1.165, 1.54) is 0 Å². The van der Waals surface area contributed by atoms with Crippen molar-refractivity contribution in [1.29, 1.82) is 0 Å². The third kappa shape index (κ3) is 4.90. The molecule has 0 bridgehead atoms. The Kier molecular flexibility index (Phi) is 6.24. The average Bonchev–Trinajstić information content (AvgIpc) is 2.87. The highest BCUT2D eigenvalue weighted by Gasteiger charge is 2.24. The van der Waals surface area contributed by atoms with Crippen LogP contribution in [-0.2, 0) is 0 Å². The van der Waals surface area contributed by atoms with Crippen LogP contribution in [0.2, 0.25) is 0 Å². The zero-order valence-corrected chi connectivity index (χ0v) is 19.0. The van der Waals surface area contributed by atoms with E-state index in [2.05, 4.69) is 25.6 Å². The molecule has 5 rings (SSSR count). The number of anilines is 3. The summed E-state index contributed by atoms with van der Waals surface area (Å²) in [5.41, 5.74) is 13.9. The van der Waals surface area contributed by atoms with E-state index < -0.39 is 11.7 Å². The summed E-state index contributed by atoms with van der Waals surface area (Å²) in [4.78, 5) is 25.1. The lowest BCUT2D eigenvalue weighted by atomic mass is 9.91. The topological polar surface area (TPSA) is 132 Å². The number of nitrogens with two attached hydrogens (primary N) is 2. The van der Waals surface area contributed by atoms with Gasteiger partial charge in [0.15, 0.2) is 11.6 Å². The number of hydrogen-bond donors (Lipinski definition) is 4. The Morgan fingerprint density at radius 3 is 2.69 bits per heavy atom. The molecule has 0 saturated heterocycles. The van der Waals surface area contributed by atoms with Crippen molar-refractivity contribution in [2.45, 2.75) is 37.8 Å². The van der Waals surface area contributed by atoms with E-state index in [9.17, 15) is 9.18 Å². The number of rotatable bonds is 6. The molecule has 1 aromatic carbocycles. The smallest absolute Gasteiger partial charge is 0.252 e. The molecule has 1 unspecified atom stereocenters. The number of nitrogens with zero attached hydrogens (tertiary/aromatic N) is 3. The molecular weight excluding hydrogens is 445 g/mol. The Hall–Kier alpha value is -4.11. The van der Waals surface area contributed by atoms with Crippen LogP contribution in [0, 0.1) is 5.82 Å². The van der Waals surface area contributed by atoms with Crippen molar-refractivity contribution in [1.82, 2.24) is 15.0 Å². The molecule has 3 heterocycles. The lowest BCUT2D eigenvalue weighted by Crippen LogP contribution is -2.43. The number of primary amides is 1. The zero-order valence-electron chi connectivity index (χ0n) is 19.0. The maximum absolute atomic E-state index is 14.8. The second-order valence-corrected chi connectivity index (χ2v) is 8.77. The van der Waals surface area contributed by atoms with E-state index >= 15 is 0 Å². The highest BCUT2D eigenvalue weighted by atomic mass is 19.1. The number of pyridine rings is 3. The third-order valence-corrected chi connectivity index (χ3v) is 6.34. The van der Waals surface area contributed by atoms with Crippen LogP contribution in [0.15, 0.2) is 61.1 Å². The number of hydrogen-bond acceptors (Lipinski definition) is 7. The molecule has 9 heteroatoms. The van der Waals surface area contributed by atoms with Crippen LogP contribution >= 0.6 is 0 Å². The van der Waals surface area contributed by atoms with Gasteiger partial charge in [-0.3, -0.25) is 14.8 Å². The van der Waals surface area contributed by atoms with Gasteiger partial charge in [-0.25, -0.2) is 9.37 Å². The Morgan fingerprint density at radius 1 is 1.00 bits per heavy atom. The largest absolute Gasteiger partial charge is 0.365 e. The highest BCUT2D eigenvalue weighted by molar-refractivity contribution is 5.98. The quantitative estimate of drug-likeness (QED) is 0.329. The van der Waals surface area contributed by atoms with E-state index in [4.69, 9.17) is 11.5 Å². The first-order valence-corrected chi connectivity index (χ1v) is 11.6. The molecule has 1 fully saturated rings. The molecule has 1 amide bonds. The summed E-state index contributed by atoms with van der Waals surface area (Å²) < 4.78 is 14.8. The summed E-state index contributed by atoms with van der Waals surface area (Å²) in [5, 5.41) is 8.32. The maximum atomic E-state index is 14.8. The minimum atomic E-state index is -0.781. The molecule has 178 valence electrons. The number of fused-ring (bicyclic) bond motifs is 1. The molecule has 0 radical (unpaired) electrons. The minimum absolute atomic E-state index is 0.0381. The first-order valence-electron chi connectivity index (χ1n) is 11.6. The molecule has 1 aliphatic carbocycles. The van der Waals surface area contributed by atoms with Gasteiger partial charge in [0, 0.05) is 47.3 Å². The van der Waals surface area contributed by atoms with Crippen LogP contribution in [0.4, 0.5) is 21.7 Å². The molecule has 0 aliphatic heterocycles. The van der Waals surface area contributed by atoms with Gasteiger partial charge in [0.2, 0.25) is 0 Å². The molecule has 8 nitrogen and oxygen atoms in total. The molecule has 3 aromatic heterocycles. The number of carbonyl (C=O) groups is 1. The third-order valence-electron chi connectivity index (χ3n) is 6.34. The molecule has 1 saturated carbocycles. The number of halogens is 1. The van der Waals surface area contributed by atoms with E-state index in [-0.39, 0.29) is 29.3 Å². The fourth-order valence-electron chi connectivity index (χ4n) is 4.43. The summed E-state index contributed by atoms with van der Waals surface area (Å²) in [5.74, 6) is -1.24. The van der Waals surface area contributed by atoms with Gasteiger partial charge in [-0.05, 0) is 48.6 Å². The van der Waals surface area contributed by atoms with Crippen molar-refractivity contribution in [3.05, 3.63) is 72.4 Å². The first-order chi connectivity index (χ1) is 17.0. The van der Waals surface area contributed by atoms with Gasteiger partial charge in [-0.15, -0.1) is 0 Å². The van der Waals surface area contributed by atoms with Crippen LogP contribution < -0.4 is 22.1 Å². The number of carbonyl (C=O) groups excluding carboxylic acids is 1. The van der Waals surface area contributed by atoms with Crippen molar-refractivity contribution < 1.29 is 9.18 Å². The number of amides is 1. The van der Waals surface area contributed by atoms with Crippen LogP contribution in [0.5, 0.6) is 0 Å². The SMILES string of the molecule is NC(=O)c1cc(F)c(NC2CCCC[C@@H]2N)nc1Nc1ccnc(-c2ccc3ccncc3c2)c1. The molecule has 35 heavy (non-hydrogen) atoms. The highest BCUT2D eigenvalue weighted by Crippen LogP contribution is 2.29.